The van der Waals surface area contributed by atoms with Crippen LogP contribution in [0.25, 0.3) is 0 Å². The van der Waals surface area contributed by atoms with Crippen LogP contribution in [0.2, 0.25) is 0 Å². The van der Waals surface area contributed by atoms with Gasteiger partial charge in [-0.1, -0.05) is 11.8 Å². The summed E-state index contributed by atoms with van der Waals surface area (Å²) in [7, 11) is 0. The first-order chi connectivity index (χ1) is 6.65. The van der Waals surface area contributed by atoms with Crippen LogP contribution in [-0.2, 0) is 0 Å². The highest BCUT2D eigenvalue weighted by Gasteiger charge is 2.02. The summed E-state index contributed by atoms with van der Waals surface area (Å²) >= 11 is 0. The minimum absolute atomic E-state index is 0.0179. The summed E-state index contributed by atoms with van der Waals surface area (Å²) in [5.74, 6) is 4.89. The highest BCUT2D eigenvalue weighted by Crippen LogP contribution is 2.16. The van der Waals surface area contributed by atoms with Gasteiger partial charge in [-0.3, -0.25) is 0 Å². The molecule has 0 radical (unpaired) electrons. The fourth-order valence-corrected chi connectivity index (χ4v) is 0.999. The average molecular weight is 193 g/mol. The number of anilines is 1. The minimum atomic E-state index is -0.373. The molecule has 0 aliphatic heterocycles. The Morgan fingerprint density at radius 3 is 2.86 bits per heavy atom. The molecule has 0 heterocycles. The molecule has 3 heteroatoms. The lowest BCUT2D eigenvalue weighted by atomic mass is 10.1. The van der Waals surface area contributed by atoms with Crippen molar-refractivity contribution in [3.63, 3.8) is 0 Å². The molecule has 0 atom stereocenters. The summed E-state index contributed by atoms with van der Waals surface area (Å²) in [4.78, 5) is 0. The van der Waals surface area contributed by atoms with Crippen LogP contribution < -0.4 is 5.73 Å². The van der Waals surface area contributed by atoms with Crippen molar-refractivity contribution >= 4 is 5.69 Å². The molecule has 1 rings (SSSR count). The summed E-state index contributed by atoms with van der Waals surface area (Å²) in [6, 6.07) is 2.87. The number of aliphatic hydroxyl groups is 1. The number of aliphatic hydroxyl groups excluding tert-OH is 1. The largest absolute Gasteiger partial charge is 0.398 e. The van der Waals surface area contributed by atoms with Crippen LogP contribution in [0, 0.1) is 24.6 Å². The van der Waals surface area contributed by atoms with E-state index in [-0.39, 0.29) is 18.0 Å². The van der Waals surface area contributed by atoms with E-state index in [0.29, 0.717) is 17.7 Å². The molecular weight excluding hydrogens is 181 g/mol. The smallest absolute Gasteiger partial charge is 0.139 e. The molecular formula is C11H12FNO. The monoisotopic (exact) mass is 193 g/mol. The molecule has 3 N–H and O–H groups in total. The van der Waals surface area contributed by atoms with Gasteiger partial charge in [0.25, 0.3) is 0 Å². The number of hydrogen-bond acceptors (Lipinski definition) is 2. The molecule has 14 heavy (non-hydrogen) atoms. The number of halogens is 1. The van der Waals surface area contributed by atoms with E-state index in [1.807, 2.05) is 0 Å². The average Bonchev–Trinajstić information content (AvgIpc) is 2.14. The van der Waals surface area contributed by atoms with Gasteiger partial charge in [-0.25, -0.2) is 4.39 Å². The standard InChI is InChI=1S/C11H12FNO/c1-8-6-10(12)9(7-11(8)13)4-2-3-5-14/h6-7,14H,3,5,13H2,1H3. The maximum absolute atomic E-state index is 13.2. The Morgan fingerprint density at radius 1 is 1.50 bits per heavy atom. The van der Waals surface area contributed by atoms with Crippen molar-refractivity contribution in [3.05, 3.63) is 29.1 Å². The number of nitrogen functional groups attached to an aromatic ring is 1. The van der Waals surface area contributed by atoms with Gasteiger partial charge in [-0.2, -0.15) is 0 Å². The molecule has 0 saturated heterocycles. The zero-order valence-corrected chi connectivity index (χ0v) is 7.97. The molecule has 0 fully saturated rings. The van der Waals surface area contributed by atoms with Gasteiger partial charge in [0.2, 0.25) is 0 Å². The van der Waals surface area contributed by atoms with E-state index in [4.69, 9.17) is 10.8 Å². The predicted molar refractivity (Wildman–Crippen MR) is 54.1 cm³/mol. The van der Waals surface area contributed by atoms with Gasteiger partial charge in [-0.15, -0.1) is 0 Å². The van der Waals surface area contributed by atoms with E-state index in [0.717, 1.165) is 0 Å². The Balaban J connectivity index is 3.00. The van der Waals surface area contributed by atoms with Gasteiger partial charge in [0.15, 0.2) is 0 Å². The van der Waals surface area contributed by atoms with Crippen molar-refractivity contribution in [3.8, 4) is 11.8 Å². The summed E-state index contributed by atoms with van der Waals surface area (Å²) < 4.78 is 13.2. The first kappa shape index (κ1) is 10.6. The van der Waals surface area contributed by atoms with Gasteiger partial charge in [-0.05, 0) is 24.6 Å². The van der Waals surface area contributed by atoms with E-state index < -0.39 is 0 Å². The lowest BCUT2D eigenvalue weighted by Gasteiger charge is -2.01. The van der Waals surface area contributed by atoms with Gasteiger partial charge >= 0.3 is 0 Å². The van der Waals surface area contributed by atoms with Crippen molar-refractivity contribution < 1.29 is 9.50 Å². The van der Waals surface area contributed by atoms with E-state index in [2.05, 4.69) is 11.8 Å². The lowest BCUT2D eigenvalue weighted by molar-refractivity contribution is 0.305. The molecule has 2 nitrogen and oxygen atoms in total. The summed E-state index contributed by atoms with van der Waals surface area (Å²) in [6.07, 6.45) is 0.340. The molecule has 74 valence electrons. The highest BCUT2D eigenvalue weighted by molar-refractivity contribution is 5.53. The summed E-state index contributed by atoms with van der Waals surface area (Å²) in [5.41, 5.74) is 7.12. The topological polar surface area (TPSA) is 46.2 Å². The third-order valence-electron chi connectivity index (χ3n) is 1.82. The number of nitrogens with two attached hydrogens (primary N) is 1. The van der Waals surface area contributed by atoms with Crippen LogP contribution in [0.4, 0.5) is 10.1 Å². The quantitative estimate of drug-likeness (QED) is 0.523. The maximum Gasteiger partial charge on any atom is 0.139 e. The Labute approximate surface area is 82.6 Å². The molecule has 0 aliphatic carbocycles. The first-order valence-electron chi connectivity index (χ1n) is 4.30. The van der Waals surface area contributed by atoms with E-state index in [9.17, 15) is 4.39 Å². The van der Waals surface area contributed by atoms with Crippen LogP contribution in [-0.4, -0.2) is 11.7 Å². The van der Waals surface area contributed by atoms with Crippen molar-refractivity contribution in [2.45, 2.75) is 13.3 Å². The second-order valence-electron chi connectivity index (χ2n) is 2.96. The maximum atomic E-state index is 13.2. The van der Waals surface area contributed by atoms with Crippen LogP contribution in [0.5, 0.6) is 0 Å². The van der Waals surface area contributed by atoms with Gasteiger partial charge < -0.3 is 10.8 Å². The molecule has 0 aromatic heterocycles. The molecule has 0 amide bonds. The van der Waals surface area contributed by atoms with Crippen molar-refractivity contribution in [1.82, 2.24) is 0 Å². The Hall–Kier alpha value is -1.53. The molecule has 0 saturated carbocycles. The number of rotatable bonds is 1. The van der Waals surface area contributed by atoms with E-state index in [1.54, 1.807) is 6.92 Å². The van der Waals surface area contributed by atoms with E-state index >= 15 is 0 Å². The van der Waals surface area contributed by atoms with Crippen LogP contribution in [0.1, 0.15) is 17.5 Å². The van der Waals surface area contributed by atoms with Gasteiger partial charge in [0, 0.05) is 12.1 Å². The second-order valence-corrected chi connectivity index (χ2v) is 2.96. The number of benzene rings is 1. The van der Waals surface area contributed by atoms with Crippen LogP contribution >= 0.6 is 0 Å². The van der Waals surface area contributed by atoms with Crippen LogP contribution in [0.3, 0.4) is 0 Å². The Kier molecular flexibility index (Phi) is 3.49. The van der Waals surface area contributed by atoms with Gasteiger partial charge in [0.1, 0.15) is 5.82 Å². The number of aryl methyl sites for hydroxylation is 1. The molecule has 1 aromatic carbocycles. The highest BCUT2D eigenvalue weighted by atomic mass is 19.1. The third kappa shape index (κ3) is 2.48. The fraction of sp³-hybridized carbons (Fsp3) is 0.273. The van der Waals surface area contributed by atoms with Crippen molar-refractivity contribution in [1.29, 1.82) is 0 Å². The lowest BCUT2D eigenvalue weighted by Crippen LogP contribution is -1.93. The zero-order chi connectivity index (χ0) is 10.6. The van der Waals surface area contributed by atoms with Crippen molar-refractivity contribution in [2.75, 3.05) is 12.3 Å². The van der Waals surface area contributed by atoms with Crippen molar-refractivity contribution in [2.24, 2.45) is 0 Å². The minimum Gasteiger partial charge on any atom is -0.398 e. The third-order valence-corrected chi connectivity index (χ3v) is 1.82. The van der Waals surface area contributed by atoms with Crippen LogP contribution in [0.15, 0.2) is 12.1 Å². The summed E-state index contributed by atoms with van der Waals surface area (Å²) in [6.45, 7) is 1.72. The second kappa shape index (κ2) is 4.64. The normalized spacial score (nSPS) is 9.36. The SMILES string of the molecule is Cc1cc(F)c(C#CCCO)cc1N. The molecule has 0 spiro atoms. The predicted octanol–water partition coefficient (Wildman–Crippen LogP) is 1.45. The Morgan fingerprint density at radius 2 is 2.21 bits per heavy atom. The first-order valence-corrected chi connectivity index (χ1v) is 4.30. The number of hydrogen-bond donors (Lipinski definition) is 2. The molecule has 0 bridgehead atoms. The fourth-order valence-electron chi connectivity index (χ4n) is 0.999. The Bertz CT molecular complexity index is 390. The molecule has 0 unspecified atom stereocenters. The molecule has 0 aliphatic rings. The zero-order valence-electron chi connectivity index (χ0n) is 7.97. The molecule has 1 aromatic rings. The van der Waals surface area contributed by atoms with Gasteiger partial charge in [0.05, 0.1) is 12.2 Å². The van der Waals surface area contributed by atoms with E-state index in [1.165, 1.54) is 12.1 Å². The summed E-state index contributed by atoms with van der Waals surface area (Å²) in [5, 5.41) is 8.49.